The lowest BCUT2D eigenvalue weighted by Crippen LogP contribution is -2.50. The number of thiophene rings is 1. The van der Waals surface area contributed by atoms with E-state index in [4.69, 9.17) is 0 Å². The van der Waals surface area contributed by atoms with Gasteiger partial charge in [0, 0.05) is 57.4 Å². The van der Waals surface area contributed by atoms with Crippen LogP contribution in [0.15, 0.2) is 46.1 Å². The predicted octanol–water partition coefficient (Wildman–Crippen LogP) is 2.57. The third kappa shape index (κ3) is 5.68. The van der Waals surface area contributed by atoms with E-state index < -0.39 is 22.0 Å². The van der Waals surface area contributed by atoms with Gasteiger partial charge >= 0.3 is 0 Å². The second-order valence-electron chi connectivity index (χ2n) is 10.1. The third-order valence-corrected chi connectivity index (χ3v) is 11.1. The third-order valence-electron chi connectivity index (χ3n) is 7.81. The first-order valence-corrected chi connectivity index (χ1v) is 15.5. The highest BCUT2D eigenvalue weighted by molar-refractivity contribution is 7.91. The Balaban J connectivity index is 1.34. The summed E-state index contributed by atoms with van der Waals surface area (Å²) in [6, 6.07) is 8.66. The van der Waals surface area contributed by atoms with Gasteiger partial charge in [0.25, 0.3) is 10.0 Å². The molecule has 1 N–H and O–H groups in total. The fourth-order valence-electron chi connectivity index (χ4n) is 5.85. The summed E-state index contributed by atoms with van der Waals surface area (Å²) < 4.78 is 29.2. The molecule has 2 saturated heterocycles. The van der Waals surface area contributed by atoms with Crippen molar-refractivity contribution in [3.05, 3.63) is 41.9 Å². The van der Waals surface area contributed by atoms with Crippen molar-refractivity contribution in [2.45, 2.75) is 48.8 Å². The van der Waals surface area contributed by atoms with E-state index in [1.165, 1.54) is 11.3 Å². The van der Waals surface area contributed by atoms with Gasteiger partial charge in [-0.15, -0.1) is 11.3 Å². The molecule has 0 radical (unpaired) electrons. The number of nitrogens with one attached hydrogen (secondary N) is 1. The zero-order valence-corrected chi connectivity index (χ0v) is 22.6. The Labute approximate surface area is 222 Å². The van der Waals surface area contributed by atoms with Gasteiger partial charge in [-0.05, 0) is 49.3 Å². The van der Waals surface area contributed by atoms with Gasteiger partial charge in [0.2, 0.25) is 11.8 Å². The van der Waals surface area contributed by atoms with Crippen LogP contribution in [-0.2, 0) is 19.6 Å². The second kappa shape index (κ2) is 11.5. The van der Waals surface area contributed by atoms with Gasteiger partial charge < -0.3 is 15.1 Å². The van der Waals surface area contributed by atoms with Gasteiger partial charge in [-0.25, -0.2) is 13.4 Å². The lowest BCUT2D eigenvalue weighted by molar-refractivity contribution is -0.135. The van der Waals surface area contributed by atoms with Crippen LogP contribution in [-0.4, -0.2) is 79.7 Å². The number of pyridine rings is 1. The Morgan fingerprint density at radius 2 is 1.78 bits per heavy atom. The van der Waals surface area contributed by atoms with Gasteiger partial charge in [0.05, 0.1) is 5.92 Å². The predicted molar refractivity (Wildman–Crippen MR) is 143 cm³/mol. The summed E-state index contributed by atoms with van der Waals surface area (Å²) in [5.74, 6) is -0.0964. The molecular formula is C26H35N5O4S2. The molecule has 0 aromatic carbocycles. The van der Waals surface area contributed by atoms with Gasteiger partial charge in [0.1, 0.15) is 10.0 Å². The topological polar surface area (TPSA) is 103 Å². The molecule has 2 aliphatic heterocycles. The number of amides is 2. The number of carbonyl (C=O) groups excluding carboxylic acids is 2. The number of nitrogens with zero attached hydrogens (tertiary/aromatic N) is 4. The Bertz CT molecular complexity index is 1170. The molecule has 9 nitrogen and oxygen atoms in total. The Hall–Kier alpha value is -2.50. The van der Waals surface area contributed by atoms with E-state index in [0.717, 1.165) is 31.5 Å². The molecule has 2 aromatic heterocycles. The Morgan fingerprint density at radius 1 is 0.973 bits per heavy atom. The van der Waals surface area contributed by atoms with E-state index in [1.54, 1.807) is 28.0 Å². The average Bonchev–Trinajstić information content (AvgIpc) is 3.61. The van der Waals surface area contributed by atoms with Gasteiger partial charge in [-0.2, -0.15) is 4.31 Å². The number of fused-ring (bicyclic) bond motifs is 1. The minimum Gasteiger partial charge on any atom is -0.356 e. The highest BCUT2D eigenvalue weighted by atomic mass is 32.2. The van der Waals surface area contributed by atoms with Crippen LogP contribution in [0.25, 0.3) is 0 Å². The second-order valence-corrected chi connectivity index (χ2v) is 13.2. The molecule has 3 aliphatic rings. The van der Waals surface area contributed by atoms with Crippen molar-refractivity contribution in [1.29, 1.82) is 0 Å². The van der Waals surface area contributed by atoms with Crippen LogP contribution in [0.4, 0.5) is 5.82 Å². The smallest absolute Gasteiger partial charge is 0.252 e. The molecule has 2 aromatic rings. The first kappa shape index (κ1) is 26.1. The lowest BCUT2D eigenvalue weighted by atomic mass is 10.0. The lowest BCUT2D eigenvalue weighted by Gasteiger charge is -2.36. The normalized spacial score (nSPS) is 26.3. The molecule has 2 amide bonds. The van der Waals surface area contributed by atoms with Crippen molar-refractivity contribution in [3.63, 3.8) is 0 Å². The first-order chi connectivity index (χ1) is 17.9. The SMILES string of the molecule is O=C1NCCCCCCN(S(=O)(=O)c2cccs2)[C@H]2C[C@H](C(=O)N3CCN(c4ccccn4)CC3)C[C@@H]12. The van der Waals surface area contributed by atoms with Crippen LogP contribution < -0.4 is 10.2 Å². The van der Waals surface area contributed by atoms with E-state index in [-0.39, 0.29) is 17.7 Å². The quantitative estimate of drug-likeness (QED) is 0.634. The summed E-state index contributed by atoms with van der Waals surface area (Å²) in [5, 5.41) is 4.78. The van der Waals surface area contributed by atoms with Gasteiger partial charge in [-0.1, -0.05) is 25.0 Å². The molecule has 1 aliphatic carbocycles. The van der Waals surface area contributed by atoms with E-state index >= 15 is 0 Å². The molecule has 37 heavy (non-hydrogen) atoms. The van der Waals surface area contributed by atoms with Crippen molar-refractivity contribution in [2.75, 3.05) is 44.2 Å². The maximum atomic E-state index is 13.7. The zero-order valence-electron chi connectivity index (χ0n) is 21.0. The van der Waals surface area contributed by atoms with Crippen LogP contribution >= 0.6 is 11.3 Å². The summed E-state index contributed by atoms with van der Waals surface area (Å²) >= 11 is 1.20. The van der Waals surface area contributed by atoms with Crippen molar-refractivity contribution in [1.82, 2.24) is 19.5 Å². The fraction of sp³-hybridized carbons (Fsp3) is 0.577. The number of hydrogen-bond acceptors (Lipinski definition) is 7. The molecule has 5 rings (SSSR count). The van der Waals surface area contributed by atoms with E-state index in [1.807, 2.05) is 23.1 Å². The summed E-state index contributed by atoms with van der Waals surface area (Å²) in [5.41, 5.74) is 0. The van der Waals surface area contributed by atoms with Crippen molar-refractivity contribution >= 4 is 39.0 Å². The van der Waals surface area contributed by atoms with Crippen molar-refractivity contribution in [3.8, 4) is 0 Å². The maximum Gasteiger partial charge on any atom is 0.252 e. The minimum atomic E-state index is -3.75. The van der Waals surface area contributed by atoms with Gasteiger partial charge in [0.15, 0.2) is 0 Å². The summed E-state index contributed by atoms with van der Waals surface area (Å²) in [4.78, 5) is 35.4. The summed E-state index contributed by atoms with van der Waals surface area (Å²) in [6.45, 7) is 3.53. The molecule has 0 spiro atoms. The van der Waals surface area contributed by atoms with Crippen LogP contribution in [0.5, 0.6) is 0 Å². The molecule has 3 atom stereocenters. The molecule has 200 valence electrons. The first-order valence-electron chi connectivity index (χ1n) is 13.2. The number of piperazine rings is 1. The van der Waals surface area contributed by atoms with Crippen LogP contribution in [0, 0.1) is 11.8 Å². The molecule has 0 unspecified atom stereocenters. The van der Waals surface area contributed by atoms with E-state index in [0.29, 0.717) is 56.3 Å². The zero-order chi connectivity index (χ0) is 25.8. The van der Waals surface area contributed by atoms with Crippen LogP contribution in [0.3, 0.4) is 0 Å². The standard InChI is InChI=1S/C26H35N5O4S2/c32-25-21-18-20(26(33)30-15-13-29(14-16-30)23-8-3-5-10-27-23)19-22(21)31(12-6-2-1-4-11-28-25)37(34,35)24-9-7-17-36-24/h3,5,7-10,17,20-22H,1-2,4,6,11-16,18-19H2,(H,28,32)/t20-,21-,22+/m1/s1. The van der Waals surface area contributed by atoms with E-state index in [2.05, 4.69) is 15.2 Å². The molecule has 0 bridgehead atoms. The molecule has 4 heterocycles. The molecule has 11 heteroatoms. The van der Waals surface area contributed by atoms with Crippen molar-refractivity contribution < 1.29 is 18.0 Å². The molecule has 3 fully saturated rings. The van der Waals surface area contributed by atoms with E-state index in [9.17, 15) is 18.0 Å². The minimum absolute atomic E-state index is 0.0292. The number of anilines is 1. The Kier molecular flexibility index (Phi) is 8.11. The summed E-state index contributed by atoms with van der Waals surface area (Å²) in [6.07, 6.45) is 6.01. The largest absolute Gasteiger partial charge is 0.356 e. The number of rotatable bonds is 4. The number of sulfonamides is 1. The van der Waals surface area contributed by atoms with Crippen LogP contribution in [0.1, 0.15) is 38.5 Å². The highest BCUT2D eigenvalue weighted by Gasteiger charge is 2.48. The monoisotopic (exact) mass is 545 g/mol. The summed E-state index contributed by atoms with van der Waals surface area (Å²) in [7, 11) is -3.75. The van der Waals surface area contributed by atoms with Crippen LogP contribution in [0.2, 0.25) is 0 Å². The number of hydrogen-bond donors (Lipinski definition) is 1. The van der Waals surface area contributed by atoms with Crippen molar-refractivity contribution in [2.24, 2.45) is 11.8 Å². The molecular weight excluding hydrogens is 510 g/mol. The number of carbonyl (C=O) groups is 2. The van der Waals surface area contributed by atoms with Gasteiger partial charge in [-0.3, -0.25) is 9.59 Å². The molecule has 1 saturated carbocycles. The maximum absolute atomic E-state index is 13.7. The number of aromatic nitrogens is 1. The highest BCUT2D eigenvalue weighted by Crippen LogP contribution is 2.39. The Morgan fingerprint density at radius 3 is 2.51 bits per heavy atom. The fourth-order valence-corrected chi connectivity index (χ4v) is 8.68. The average molecular weight is 546 g/mol.